The van der Waals surface area contributed by atoms with Crippen molar-refractivity contribution < 1.29 is 14.3 Å². The van der Waals surface area contributed by atoms with Crippen LogP contribution in [0.5, 0.6) is 5.75 Å². The van der Waals surface area contributed by atoms with E-state index >= 15 is 0 Å². The fourth-order valence-corrected chi connectivity index (χ4v) is 3.77. The SMILES string of the molecule is CCN1/C(=C/C(C)=O)Sc2ccc(OC(=O)NCc3cccnc3)cc21. The maximum atomic E-state index is 12.0. The van der Waals surface area contributed by atoms with Crippen molar-refractivity contribution in [1.29, 1.82) is 0 Å². The molecule has 26 heavy (non-hydrogen) atoms. The summed E-state index contributed by atoms with van der Waals surface area (Å²) in [6.45, 7) is 4.61. The van der Waals surface area contributed by atoms with Gasteiger partial charge in [-0.3, -0.25) is 9.78 Å². The normalized spacial score (nSPS) is 14.2. The number of thioether (sulfide) groups is 1. The van der Waals surface area contributed by atoms with Crippen LogP contribution in [0.25, 0.3) is 0 Å². The van der Waals surface area contributed by atoms with Crippen molar-refractivity contribution in [3.63, 3.8) is 0 Å². The van der Waals surface area contributed by atoms with E-state index in [4.69, 9.17) is 4.74 Å². The fraction of sp³-hybridized carbons (Fsp3) is 0.211. The second-order valence-corrected chi connectivity index (χ2v) is 6.74. The fourth-order valence-electron chi connectivity index (χ4n) is 2.57. The molecule has 1 aliphatic heterocycles. The standard InChI is InChI=1S/C19H19N3O3S/c1-3-22-16-10-15(6-7-17(16)26-18(22)9-13(2)23)25-19(24)21-12-14-5-4-8-20-11-14/h4-11H,3,12H2,1-2H3,(H,21,24)/b18-9-. The van der Waals surface area contributed by atoms with Gasteiger partial charge in [-0.15, -0.1) is 0 Å². The minimum Gasteiger partial charge on any atom is -0.410 e. The van der Waals surface area contributed by atoms with Gasteiger partial charge in [0.15, 0.2) is 5.78 Å². The number of amides is 1. The number of benzene rings is 1. The van der Waals surface area contributed by atoms with Gasteiger partial charge in [0.05, 0.1) is 10.7 Å². The van der Waals surface area contributed by atoms with Crippen LogP contribution in [-0.4, -0.2) is 23.4 Å². The number of carbonyl (C=O) groups excluding carboxylic acids is 2. The molecule has 0 unspecified atom stereocenters. The summed E-state index contributed by atoms with van der Waals surface area (Å²) in [6.07, 6.45) is 4.46. The molecule has 7 heteroatoms. The molecule has 0 saturated heterocycles. The Morgan fingerprint density at radius 1 is 1.35 bits per heavy atom. The zero-order valence-corrected chi connectivity index (χ0v) is 15.4. The zero-order chi connectivity index (χ0) is 18.5. The molecule has 0 saturated carbocycles. The number of nitrogens with zero attached hydrogens (tertiary/aromatic N) is 2. The molecular weight excluding hydrogens is 350 g/mol. The Kier molecular flexibility index (Phi) is 5.58. The lowest BCUT2D eigenvalue weighted by molar-refractivity contribution is -0.112. The molecule has 1 N–H and O–H groups in total. The molecule has 2 heterocycles. The quantitative estimate of drug-likeness (QED) is 0.810. The summed E-state index contributed by atoms with van der Waals surface area (Å²) in [7, 11) is 0. The number of anilines is 1. The Hall–Kier alpha value is -2.80. The molecule has 6 nitrogen and oxygen atoms in total. The minimum absolute atomic E-state index is 0.00464. The highest BCUT2D eigenvalue weighted by Gasteiger charge is 2.25. The van der Waals surface area contributed by atoms with E-state index in [2.05, 4.69) is 10.3 Å². The van der Waals surface area contributed by atoms with Crippen molar-refractivity contribution >= 4 is 29.3 Å². The number of aromatic nitrogens is 1. The molecule has 0 aliphatic carbocycles. The van der Waals surface area contributed by atoms with Gasteiger partial charge in [-0.2, -0.15) is 0 Å². The van der Waals surface area contributed by atoms with Crippen molar-refractivity contribution in [3.05, 3.63) is 59.4 Å². The number of nitrogens with one attached hydrogen (secondary N) is 1. The molecule has 1 amide bonds. The van der Waals surface area contributed by atoms with Crippen molar-refractivity contribution in [2.75, 3.05) is 11.4 Å². The van der Waals surface area contributed by atoms with Gasteiger partial charge in [-0.05, 0) is 37.6 Å². The molecule has 2 aromatic rings. The first-order chi connectivity index (χ1) is 12.6. The van der Waals surface area contributed by atoms with Gasteiger partial charge >= 0.3 is 6.09 Å². The van der Waals surface area contributed by atoms with Gasteiger partial charge in [0.1, 0.15) is 5.75 Å². The first-order valence-electron chi connectivity index (χ1n) is 8.23. The lowest BCUT2D eigenvalue weighted by Gasteiger charge is -2.18. The van der Waals surface area contributed by atoms with Gasteiger partial charge in [0.25, 0.3) is 0 Å². The second kappa shape index (κ2) is 8.05. The van der Waals surface area contributed by atoms with Crippen LogP contribution in [0.1, 0.15) is 19.4 Å². The number of allylic oxidation sites excluding steroid dienone is 1. The van der Waals surface area contributed by atoms with E-state index in [1.165, 1.54) is 18.7 Å². The average Bonchev–Trinajstić information content (AvgIpc) is 2.96. The van der Waals surface area contributed by atoms with E-state index in [-0.39, 0.29) is 5.78 Å². The lowest BCUT2D eigenvalue weighted by atomic mass is 10.2. The Morgan fingerprint density at radius 2 is 2.19 bits per heavy atom. The van der Waals surface area contributed by atoms with Crippen LogP contribution >= 0.6 is 11.8 Å². The predicted molar refractivity (Wildman–Crippen MR) is 101 cm³/mol. The van der Waals surface area contributed by atoms with E-state index in [1.807, 2.05) is 36.1 Å². The molecular formula is C19H19N3O3S. The molecule has 0 spiro atoms. The smallest absolute Gasteiger partial charge is 0.410 e. The average molecular weight is 369 g/mol. The highest BCUT2D eigenvalue weighted by molar-refractivity contribution is 8.03. The molecule has 1 aromatic carbocycles. The van der Waals surface area contributed by atoms with E-state index in [1.54, 1.807) is 24.5 Å². The molecule has 134 valence electrons. The highest BCUT2D eigenvalue weighted by atomic mass is 32.2. The number of hydrogen-bond acceptors (Lipinski definition) is 6. The van der Waals surface area contributed by atoms with Crippen molar-refractivity contribution in [2.45, 2.75) is 25.3 Å². The maximum Gasteiger partial charge on any atom is 0.412 e. The molecule has 0 bridgehead atoms. The molecule has 0 fully saturated rings. The van der Waals surface area contributed by atoms with Crippen molar-refractivity contribution in [2.24, 2.45) is 0 Å². The second-order valence-electron chi connectivity index (χ2n) is 5.67. The lowest BCUT2D eigenvalue weighted by Crippen LogP contribution is -2.26. The summed E-state index contributed by atoms with van der Waals surface area (Å²) < 4.78 is 5.38. The summed E-state index contributed by atoms with van der Waals surface area (Å²) in [5, 5.41) is 3.58. The first-order valence-corrected chi connectivity index (χ1v) is 9.04. The van der Waals surface area contributed by atoms with Crippen LogP contribution in [0.2, 0.25) is 0 Å². The molecule has 0 radical (unpaired) electrons. The minimum atomic E-state index is -0.526. The van der Waals surface area contributed by atoms with Crippen LogP contribution in [-0.2, 0) is 11.3 Å². The number of carbonyl (C=O) groups is 2. The van der Waals surface area contributed by atoms with Crippen LogP contribution in [0.4, 0.5) is 10.5 Å². The third-order valence-corrected chi connectivity index (χ3v) is 4.83. The van der Waals surface area contributed by atoms with Crippen LogP contribution in [0, 0.1) is 0 Å². The van der Waals surface area contributed by atoms with E-state index < -0.39 is 6.09 Å². The summed E-state index contributed by atoms with van der Waals surface area (Å²) in [4.78, 5) is 30.5. The summed E-state index contributed by atoms with van der Waals surface area (Å²) in [5.41, 5.74) is 1.83. The summed E-state index contributed by atoms with van der Waals surface area (Å²) in [6, 6.07) is 9.15. The van der Waals surface area contributed by atoms with Gasteiger partial charge in [0, 0.05) is 42.5 Å². The number of ether oxygens (including phenoxy) is 1. The monoisotopic (exact) mass is 369 g/mol. The third kappa shape index (κ3) is 4.23. The number of pyridine rings is 1. The number of fused-ring (bicyclic) bond motifs is 1. The molecule has 0 atom stereocenters. The third-order valence-electron chi connectivity index (χ3n) is 3.71. The molecule has 1 aromatic heterocycles. The number of ketones is 1. The maximum absolute atomic E-state index is 12.0. The highest BCUT2D eigenvalue weighted by Crippen LogP contribution is 2.47. The van der Waals surface area contributed by atoms with E-state index in [9.17, 15) is 9.59 Å². The van der Waals surface area contributed by atoms with Gasteiger partial charge < -0.3 is 15.0 Å². The van der Waals surface area contributed by atoms with Gasteiger partial charge in [-0.1, -0.05) is 17.8 Å². The Bertz CT molecular complexity index is 852. The van der Waals surface area contributed by atoms with Crippen LogP contribution < -0.4 is 15.0 Å². The van der Waals surface area contributed by atoms with Gasteiger partial charge in [0.2, 0.25) is 0 Å². The number of rotatable bonds is 5. The zero-order valence-electron chi connectivity index (χ0n) is 14.6. The molecule has 3 rings (SSSR count). The largest absolute Gasteiger partial charge is 0.412 e. The van der Waals surface area contributed by atoms with Crippen LogP contribution in [0.15, 0.2) is 58.7 Å². The van der Waals surface area contributed by atoms with Gasteiger partial charge in [-0.25, -0.2) is 4.79 Å². The Labute approximate surface area is 156 Å². The van der Waals surface area contributed by atoms with Crippen molar-refractivity contribution in [3.8, 4) is 5.75 Å². The summed E-state index contributed by atoms with van der Waals surface area (Å²) >= 11 is 1.54. The topological polar surface area (TPSA) is 71.5 Å². The Morgan fingerprint density at radius 3 is 2.88 bits per heavy atom. The number of hydrogen-bond donors (Lipinski definition) is 1. The van der Waals surface area contributed by atoms with E-state index in [0.717, 1.165) is 27.7 Å². The predicted octanol–water partition coefficient (Wildman–Crippen LogP) is 3.73. The van der Waals surface area contributed by atoms with E-state index in [0.29, 0.717) is 12.3 Å². The van der Waals surface area contributed by atoms with Crippen molar-refractivity contribution in [1.82, 2.24) is 10.3 Å². The molecule has 1 aliphatic rings. The first kappa shape index (κ1) is 18.0. The Balaban J connectivity index is 1.68. The summed E-state index contributed by atoms with van der Waals surface area (Å²) in [5.74, 6) is 0.459. The van der Waals surface area contributed by atoms with Crippen LogP contribution in [0.3, 0.4) is 0 Å².